The number of carbonyl (C=O) groups excluding carboxylic acids is 1. The van der Waals surface area contributed by atoms with Crippen molar-refractivity contribution in [3.63, 3.8) is 0 Å². The third-order valence-electron chi connectivity index (χ3n) is 2.91. The van der Waals surface area contributed by atoms with Crippen LogP contribution in [0.4, 0.5) is 13.2 Å². The number of ketones is 1. The van der Waals surface area contributed by atoms with E-state index in [0.717, 1.165) is 17.0 Å². The monoisotopic (exact) mass is 298 g/mol. The summed E-state index contributed by atoms with van der Waals surface area (Å²) in [6.45, 7) is 0. The molecule has 0 unspecified atom stereocenters. The molecule has 0 aliphatic heterocycles. The highest BCUT2D eigenvalue weighted by Gasteiger charge is 2.29. The summed E-state index contributed by atoms with van der Waals surface area (Å²) in [5.41, 5.74) is -0.0681. The van der Waals surface area contributed by atoms with Crippen molar-refractivity contribution < 1.29 is 18.0 Å². The molecule has 1 aromatic heterocycles. The molecule has 0 bridgehead atoms. The van der Waals surface area contributed by atoms with E-state index in [4.69, 9.17) is 0 Å². The van der Waals surface area contributed by atoms with Crippen molar-refractivity contribution in [3.8, 4) is 0 Å². The molecule has 0 radical (unpaired) electrons. The van der Waals surface area contributed by atoms with Gasteiger partial charge < -0.3 is 0 Å². The van der Waals surface area contributed by atoms with Crippen LogP contribution >= 0.6 is 11.3 Å². The summed E-state index contributed by atoms with van der Waals surface area (Å²) in [6, 6.07) is 8.66. The van der Waals surface area contributed by atoms with Gasteiger partial charge >= 0.3 is 6.18 Å². The molecule has 0 amide bonds. The Morgan fingerprint density at radius 3 is 2.35 bits per heavy atom. The molecule has 1 aromatic carbocycles. The molecule has 0 aliphatic rings. The Kier molecular flexibility index (Phi) is 4.60. The zero-order valence-corrected chi connectivity index (χ0v) is 11.4. The Morgan fingerprint density at radius 2 is 1.80 bits per heavy atom. The van der Waals surface area contributed by atoms with E-state index >= 15 is 0 Å². The van der Waals surface area contributed by atoms with Gasteiger partial charge in [-0.1, -0.05) is 18.2 Å². The number of hydrogen-bond acceptors (Lipinski definition) is 2. The number of alkyl halides is 3. The smallest absolute Gasteiger partial charge is 0.299 e. The Balaban J connectivity index is 1.88. The lowest BCUT2D eigenvalue weighted by molar-refractivity contribution is -0.137. The minimum atomic E-state index is -4.33. The molecular weight excluding hydrogens is 285 g/mol. The van der Waals surface area contributed by atoms with Gasteiger partial charge in [-0.2, -0.15) is 13.2 Å². The zero-order valence-electron chi connectivity index (χ0n) is 10.6. The van der Waals surface area contributed by atoms with E-state index in [0.29, 0.717) is 18.4 Å². The maximum Gasteiger partial charge on any atom is 0.416 e. The summed E-state index contributed by atoms with van der Waals surface area (Å²) in [5, 5.41) is 1.95. The fraction of sp³-hybridized carbons (Fsp3) is 0.267. The second kappa shape index (κ2) is 6.22. The average molecular weight is 298 g/mol. The SMILES string of the molecule is O=C(CCc1cccs1)Cc1ccc(C(F)(F)F)cc1. The summed E-state index contributed by atoms with van der Waals surface area (Å²) < 4.78 is 37.2. The predicted molar refractivity (Wildman–Crippen MR) is 72.8 cm³/mol. The first-order valence-corrected chi connectivity index (χ1v) is 7.03. The first-order valence-electron chi connectivity index (χ1n) is 6.15. The van der Waals surface area contributed by atoms with Gasteiger partial charge in [0.1, 0.15) is 5.78 Å². The highest BCUT2D eigenvalue weighted by molar-refractivity contribution is 7.09. The maximum absolute atomic E-state index is 12.4. The van der Waals surface area contributed by atoms with Crippen LogP contribution in [0.3, 0.4) is 0 Å². The van der Waals surface area contributed by atoms with E-state index in [2.05, 4.69) is 0 Å². The van der Waals surface area contributed by atoms with Gasteiger partial charge in [-0.3, -0.25) is 4.79 Å². The first kappa shape index (κ1) is 14.8. The zero-order chi connectivity index (χ0) is 14.6. The number of aryl methyl sites for hydroxylation is 1. The van der Waals surface area contributed by atoms with E-state index < -0.39 is 11.7 Å². The van der Waals surface area contributed by atoms with Crippen molar-refractivity contribution in [2.24, 2.45) is 0 Å². The van der Waals surface area contributed by atoms with Crippen LogP contribution in [-0.2, 0) is 23.8 Å². The van der Waals surface area contributed by atoms with Gasteiger partial charge in [-0.15, -0.1) is 11.3 Å². The molecule has 20 heavy (non-hydrogen) atoms. The number of Topliss-reactive ketones (excluding diaryl/α,β-unsaturated/α-hetero) is 1. The van der Waals surface area contributed by atoms with Crippen molar-refractivity contribution in [2.75, 3.05) is 0 Å². The molecule has 1 nitrogen and oxygen atoms in total. The highest BCUT2D eigenvalue weighted by Crippen LogP contribution is 2.29. The Bertz CT molecular complexity index is 556. The number of benzene rings is 1. The van der Waals surface area contributed by atoms with Crippen LogP contribution in [0.25, 0.3) is 0 Å². The first-order chi connectivity index (χ1) is 9.45. The predicted octanol–water partition coefficient (Wildman–Crippen LogP) is 4.51. The van der Waals surface area contributed by atoms with E-state index in [1.165, 1.54) is 12.1 Å². The number of hydrogen-bond donors (Lipinski definition) is 0. The summed E-state index contributed by atoms with van der Waals surface area (Å²) in [4.78, 5) is 12.9. The van der Waals surface area contributed by atoms with Crippen LogP contribution in [0.15, 0.2) is 41.8 Å². The van der Waals surface area contributed by atoms with Gasteiger partial charge in [0.2, 0.25) is 0 Å². The molecule has 1 heterocycles. The molecule has 0 N–H and O–H groups in total. The molecule has 106 valence electrons. The highest BCUT2D eigenvalue weighted by atomic mass is 32.1. The van der Waals surface area contributed by atoms with Crippen molar-refractivity contribution in [3.05, 3.63) is 57.8 Å². The number of thiophene rings is 1. The molecule has 0 aliphatic carbocycles. The van der Waals surface area contributed by atoms with Gasteiger partial charge in [0.15, 0.2) is 0 Å². The summed E-state index contributed by atoms with van der Waals surface area (Å²) in [5.74, 6) is 0.0400. The normalized spacial score (nSPS) is 11.6. The van der Waals surface area contributed by atoms with Gasteiger partial charge in [-0.05, 0) is 35.6 Å². The van der Waals surface area contributed by atoms with Crippen LogP contribution in [0.2, 0.25) is 0 Å². The Hall–Kier alpha value is -1.62. The van der Waals surface area contributed by atoms with Crippen molar-refractivity contribution >= 4 is 17.1 Å². The third-order valence-corrected chi connectivity index (χ3v) is 3.85. The van der Waals surface area contributed by atoms with E-state index in [9.17, 15) is 18.0 Å². The van der Waals surface area contributed by atoms with E-state index in [1.54, 1.807) is 11.3 Å². The maximum atomic E-state index is 12.4. The second-order valence-corrected chi connectivity index (χ2v) is 5.52. The summed E-state index contributed by atoms with van der Waals surface area (Å²) >= 11 is 1.60. The molecule has 5 heteroatoms. The molecule has 0 saturated heterocycles. The molecule has 0 spiro atoms. The van der Waals surface area contributed by atoms with Crippen molar-refractivity contribution in [1.82, 2.24) is 0 Å². The second-order valence-electron chi connectivity index (χ2n) is 4.49. The Labute approximate surface area is 119 Å². The average Bonchev–Trinajstić information content (AvgIpc) is 2.89. The van der Waals surface area contributed by atoms with Gasteiger partial charge in [0.05, 0.1) is 5.56 Å². The summed E-state index contributed by atoms with van der Waals surface area (Å²) in [7, 11) is 0. The van der Waals surface area contributed by atoms with Crippen LogP contribution in [0.1, 0.15) is 22.4 Å². The molecule has 0 fully saturated rings. The fourth-order valence-corrected chi connectivity index (χ4v) is 2.55. The van der Waals surface area contributed by atoms with Gasteiger partial charge in [-0.25, -0.2) is 0 Å². The topological polar surface area (TPSA) is 17.1 Å². The molecule has 0 saturated carbocycles. The van der Waals surface area contributed by atoms with Crippen molar-refractivity contribution in [1.29, 1.82) is 0 Å². The molecular formula is C15H13F3OS. The number of rotatable bonds is 5. The van der Waals surface area contributed by atoms with E-state index in [-0.39, 0.29) is 12.2 Å². The molecule has 0 atom stereocenters. The standard InChI is InChI=1S/C15H13F3OS/c16-15(17,18)12-5-3-11(4-6-12)10-13(19)7-8-14-2-1-9-20-14/h1-6,9H,7-8,10H2. The molecule has 2 rings (SSSR count). The van der Waals surface area contributed by atoms with Crippen LogP contribution in [-0.4, -0.2) is 5.78 Å². The lowest BCUT2D eigenvalue weighted by Crippen LogP contribution is -2.06. The number of halogens is 3. The third kappa shape index (κ3) is 4.20. The quantitative estimate of drug-likeness (QED) is 0.793. The number of carbonyl (C=O) groups is 1. The largest absolute Gasteiger partial charge is 0.416 e. The van der Waals surface area contributed by atoms with E-state index in [1.807, 2.05) is 17.5 Å². The fourth-order valence-electron chi connectivity index (χ4n) is 1.85. The summed E-state index contributed by atoms with van der Waals surface area (Å²) in [6.07, 6.45) is -3.04. The van der Waals surface area contributed by atoms with Crippen LogP contribution in [0, 0.1) is 0 Å². The minimum Gasteiger partial charge on any atom is -0.299 e. The minimum absolute atomic E-state index is 0.0400. The lowest BCUT2D eigenvalue weighted by atomic mass is 10.0. The lowest BCUT2D eigenvalue weighted by Gasteiger charge is -2.07. The van der Waals surface area contributed by atoms with Gasteiger partial charge in [0, 0.05) is 17.7 Å². The van der Waals surface area contributed by atoms with Crippen molar-refractivity contribution in [2.45, 2.75) is 25.4 Å². The van der Waals surface area contributed by atoms with Crippen LogP contribution in [0.5, 0.6) is 0 Å². The van der Waals surface area contributed by atoms with Crippen LogP contribution < -0.4 is 0 Å². The Morgan fingerprint density at radius 1 is 1.10 bits per heavy atom. The van der Waals surface area contributed by atoms with Gasteiger partial charge in [0.25, 0.3) is 0 Å². The molecule has 2 aromatic rings.